The molecule has 68 valence electrons. The summed E-state index contributed by atoms with van der Waals surface area (Å²) in [6, 6.07) is 0. The van der Waals surface area contributed by atoms with Crippen molar-refractivity contribution in [2.45, 2.75) is 6.92 Å². The molecular weight excluding hydrogens is 148 g/mol. The molecule has 1 aliphatic rings. The highest BCUT2D eigenvalue weighted by Crippen LogP contribution is 2.10. The van der Waals surface area contributed by atoms with Crippen LogP contribution < -0.4 is 0 Å². The summed E-state index contributed by atoms with van der Waals surface area (Å²) < 4.78 is 4.50. The topological polar surface area (TPSA) is 73.2 Å². The molecule has 0 atom stereocenters. The van der Waals surface area contributed by atoms with Crippen LogP contribution in [0.1, 0.15) is 6.92 Å². The largest absolute Gasteiger partial charge is 0.396 e. The first-order valence-electron chi connectivity index (χ1n) is 3.59. The number of hydrogen-bond donors (Lipinski definition) is 3. The van der Waals surface area contributed by atoms with Gasteiger partial charge in [-0.3, -0.25) is 0 Å². The van der Waals surface area contributed by atoms with Gasteiger partial charge in [-0.15, -0.1) is 0 Å². The Bertz CT molecular complexity index is 77.4. The van der Waals surface area contributed by atoms with E-state index in [4.69, 9.17) is 15.3 Å². The van der Waals surface area contributed by atoms with Gasteiger partial charge in [0.1, 0.15) is 0 Å². The summed E-state index contributed by atoms with van der Waals surface area (Å²) in [6.07, 6.45) is 0. The average molecular weight is 164 g/mol. The highest BCUT2D eigenvalue weighted by Gasteiger charge is 2.20. The maximum atomic E-state index is 8.47. The van der Waals surface area contributed by atoms with Crippen LogP contribution >= 0.6 is 0 Å². The van der Waals surface area contributed by atoms with E-state index in [-0.39, 0.29) is 19.8 Å². The Morgan fingerprint density at radius 2 is 1.36 bits per heavy atom. The lowest BCUT2D eigenvalue weighted by Gasteiger charge is -2.20. The van der Waals surface area contributed by atoms with Gasteiger partial charge in [-0.25, -0.2) is 0 Å². The van der Waals surface area contributed by atoms with E-state index in [0.29, 0.717) is 0 Å². The number of rotatable bonds is 3. The molecule has 0 aliphatic carbocycles. The van der Waals surface area contributed by atoms with Crippen molar-refractivity contribution in [1.82, 2.24) is 0 Å². The van der Waals surface area contributed by atoms with Crippen molar-refractivity contribution in [3.8, 4) is 0 Å². The fourth-order valence-electron chi connectivity index (χ4n) is 0.150. The molecule has 0 aromatic heterocycles. The second kappa shape index (κ2) is 5.49. The Morgan fingerprint density at radius 1 is 1.09 bits per heavy atom. The van der Waals surface area contributed by atoms with Crippen LogP contribution in [-0.4, -0.2) is 48.4 Å². The highest BCUT2D eigenvalue weighted by atomic mass is 16.6. The van der Waals surface area contributed by atoms with Crippen LogP contribution in [0.15, 0.2) is 0 Å². The third-order valence-corrected chi connectivity index (χ3v) is 1.35. The van der Waals surface area contributed by atoms with Crippen molar-refractivity contribution >= 4 is 0 Å². The minimum absolute atomic E-state index is 0.181. The van der Waals surface area contributed by atoms with Crippen LogP contribution in [0.4, 0.5) is 0 Å². The molecule has 4 heteroatoms. The second-order valence-electron chi connectivity index (χ2n) is 2.90. The smallest absolute Gasteiger partial charge is 0.0701 e. The molecule has 1 saturated heterocycles. The third kappa shape index (κ3) is 6.25. The van der Waals surface area contributed by atoms with Crippen molar-refractivity contribution in [3.05, 3.63) is 0 Å². The average Bonchev–Trinajstić information content (AvgIpc) is 2.89. The predicted octanol–water partition coefficient (Wildman–Crippen LogP) is -1.01. The lowest BCUT2D eigenvalue weighted by atomic mass is 9.95. The van der Waals surface area contributed by atoms with Gasteiger partial charge in [-0.2, -0.15) is 0 Å². The molecule has 1 aliphatic heterocycles. The highest BCUT2D eigenvalue weighted by molar-refractivity contribution is 4.69. The van der Waals surface area contributed by atoms with Gasteiger partial charge < -0.3 is 20.1 Å². The molecule has 0 spiro atoms. The molecule has 0 amide bonds. The van der Waals surface area contributed by atoms with Crippen LogP contribution in [0.5, 0.6) is 0 Å². The minimum Gasteiger partial charge on any atom is -0.396 e. The fourth-order valence-corrected chi connectivity index (χ4v) is 0.150. The number of aliphatic hydroxyl groups is 3. The Labute approximate surface area is 66.4 Å². The van der Waals surface area contributed by atoms with Crippen LogP contribution in [-0.2, 0) is 4.74 Å². The predicted molar refractivity (Wildman–Crippen MR) is 40.2 cm³/mol. The molecule has 0 aromatic rings. The number of aliphatic hydroxyl groups excluding tert-OH is 3. The molecule has 0 bridgehead atoms. The summed E-state index contributed by atoms with van der Waals surface area (Å²) in [5, 5.41) is 25.4. The molecule has 0 aromatic carbocycles. The zero-order chi connectivity index (χ0) is 8.74. The third-order valence-electron chi connectivity index (χ3n) is 1.35. The van der Waals surface area contributed by atoms with Crippen LogP contribution in [0, 0.1) is 5.41 Å². The molecule has 3 N–H and O–H groups in total. The first kappa shape index (κ1) is 10.8. The molecule has 1 fully saturated rings. The van der Waals surface area contributed by atoms with E-state index in [1.54, 1.807) is 6.92 Å². The maximum Gasteiger partial charge on any atom is 0.0701 e. The zero-order valence-electron chi connectivity index (χ0n) is 6.79. The van der Waals surface area contributed by atoms with E-state index in [1.807, 2.05) is 0 Å². The fraction of sp³-hybridized carbons (Fsp3) is 1.00. The van der Waals surface area contributed by atoms with Crippen LogP contribution in [0.25, 0.3) is 0 Å². The van der Waals surface area contributed by atoms with E-state index in [0.717, 1.165) is 13.2 Å². The quantitative estimate of drug-likeness (QED) is 0.467. The van der Waals surface area contributed by atoms with Crippen LogP contribution in [0.3, 0.4) is 0 Å². The standard InChI is InChI=1S/C5H12O3.C2H4O/c1-5(2-6,3-7)4-8;1-2-3-1/h6-8H,2-4H2,1H3;1-2H2. The normalized spacial score (nSPS) is 15.3. The summed E-state index contributed by atoms with van der Waals surface area (Å²) >= 11 is 0. The summed E-state index contributed by atoms with van der Waals surface area (Å²) in [4.78, 5) is 0. The first-order valence-corrected chi connectivity index (χ1v) is 3.59. The van der Waals surface area contributed by atoms with Crippen molar-refractivity contribution in [2.75, 3.05) is 33.0 Å². The van der Waals surface area contributed by atoms with Gasteiger partial charge in [0.05, 0.1) is 33.0 Å². The van der Waals surface area contributed by atoms with Crippen molar-refractivity contribution in [2.24, 2.45) is 5.41 Å². The van der Waals surface area contributed by atoms with Crippen molar-refractivity contribution < 1.29 is 20.1 Å². The number of epoxide rings is 1. The molecule has 11 heavy (non-hydrogen) atoms. The van der Waals surface area contributed by atoms with Crippen LogP contribution in [0.2, 0.25) is 0 Å². The summed E-state index contributed by atoms with van der Waals surface area (Å²) in [5.41, 5.74) is -0.708. The number of ether oxygens (including phenoxy) is 1. The van der Waals surface area contributed by atoms with E-state index in [2.05, 4.69) is 4.74 Å². The molecule has 0 radical (unpaired) electrons. The van der Waals surface area contributed by atoms with Crippen molar-refractivity contribution in [3.63, 3.8) is 0 Å². The lowest BCUT2D eigenvalue weighted by Crippen LogP contribution is -2.29. The molecule has 0 unspecified atom stereocenters. The second-order valence-corrected chi connectivity index (χ2v) is 2.90. The SMILES string of the molecule is C1CO1.CC(CO)(CO)CO. The molecule has 4 nitrogen and oxygen atoms in total. The van der Waals surface area contributed by atoms with E-state index >= 15 is 0 Å². The van der Waals surface area contributed by atoms with Gasteiger partial charge in [-0.1, -0.05) is 6.92 Å². The first-order chi connectivity index (χ1) is 5.18. The molecule has 1 heterocycles. The van der Waals surface area contributed by atoms with E-state index in [9.17, 15) is 0 Å². The van der Waals surface area contributed by atoms with Gasteiger partial charge in [0.2, 0.25) is 0 Å². The summed E-state index contributed by atoms with van der Waals surface area (Å²) in [6.45, 7) is 3.06. The van der Waals surface area contributed by atoms with Gasteiger partial charge in [0, 0.05) is 5.41 Å². The van der Waals surface area contributed by atoms with E-state index < -0.39 is 5.41 Å². The van der Waals surface area contributed by atoms with Gasteiger partial charge in [0.25, 0.3) is 0 Å². The summed E-state index contributed by atoms with van der Waals surface area (Å²) in [5.74, 6) is 0. The molecule has 0 saturated carbocycles. The minimum atomic E-state index is -0.708. The monoisotopic (exact) mass is 164 g/mol. The van der Waals surface area contributed by atoms with E-state index in [1.165, 1.54) is 0 Å². The zero-order valence-corrected chi connectivity index (χ0v) is 6.79. The Kier molecular flexibility index (Phi) is 5.41. The number of hydrogen-bond acceptors (Lipinski definition) is 4. The molecular formula is C7H16O4. The van der Waals surface area contributed by atoms with Gasteiger partial charge in [-0.05, 0) is 0 Å². The Morgan fingerprint density at radius 3 is 1.36 bits per heavy atom. The molecule has 1 rings (SSSR count). The van der Waals surface area contributed by atoms with Gasteiger partial charge >= 0.3 is 0 Å². The summed E-state index contributed by atoms with van der Waals surface area (Å²) in [7, 11) is 0. The lowest BCUT2D eigenvalue weighted by molar-refractivity contribution is 0.0200. The Balaban J connectivity index is 0.000000271. The maximum absolute atomic E-state index is 8.47. The van der Waals surface area contributed by atoms with Gasteiger partial charge in [0.15, 0.2) is 0 Å². The van der Waals surface area contributed by atoms with Crippen molar-refractivity contribution in [1.29, 1.82) is 0 Å². The Hall–Kier alpha value is -0.160.